The Bertz CT molecular complexity index is 770. The van der Waals surface area contributed by atoms with Gasteiger partial charge in [-0.1, -0.05) is 72.8 Å². The van der Waals surface area contributed by atoms with E-state index in [0.29, 0.717) is 6.54 Å². The minimum absolute atomic E-state index is 0.0339. The number of hydrogen-bond donors (Lipinski definition) is 1. The second-order valence-electron chi connectivity index (χ2n) is 11.7. The Balaban J connectivity index is 0.000000455. The Morgan fingerprint density at radius 2 is 1.73 bits per heavy atom. The van der Waals surface area contributed by atoms with Crippen LogP contribution >= 0.6 is 0 Å². The van der Waals surface area contributed by atoms with Gasteiger partial charge in [0.2, 0.25) is 0 Å². The van der Waals surface area contributed by atoms with Crippen molar-refractivity contribution < 1.29 is 18.7 Å². The van der Waals surface area contributed by atoms with Gasteiger partial charge in [0.05, 0.1) is 0 Å². The number of piperidine rings is 1. The summed E-state index contributed by atoms with van der Waals surface area (Å²) >= 11 is 0. The van der Waals surface area contributed by atoms with E-state index in [2.05, 4.69) is 31.0 Å². The van der Waals surface area contributed by atoms with Gasteiger partial charge in [-0.3, -0.25) is 9.69 Å². The van der Waals surface area contributed by atoms with Crippen molar-refractivity contribution in [2.75, 3.05) is 32.8 Å². The number of nitrogens with zero attached hydrogens (tertiary/aromatic N) is 2. The number of fused-ring (bicyclic) bond motifs is 1. The third-order valence-corrected chi connectivity index (χ3v) is 7.90. The minimum atomic E-state index is -0.571. The third kappa shape index (κ3) is 10.1. The lowest BCUT2D eigenvalue weighted by atomic mass is 9.77. The lowest BCUT2D eigenvalue weighted by Gasteiger charge is -2.29. The molecule has 2 saturated heterocycles. The van der Waals surface area contributed by atoms with Crippen LogP contribution < -0.4 is 5.32 Å². The standard InChI is InChI=1S/C21H32FN3O3.C7H14.C2H6/c1-15(23-20(27)28-13-19(26)24-9-5-4-6-10-24)12-25-14-21(2,3)17-11-16(22)7-8-18(17)25;1-7-5-3-2-4-6-7;1-2/h7-8,11,15,17-18H,4-6,9-10,12-14H2,1-3H3,(H,23,27);7H,2-6H2,1H3;1-2H3. The molecule has 212 valence electrons. The fourth-order valence-electron chi connectivity index (χ4n) is 5.90. The van der Waals surface area contributed by atoms with E-state index < -0.39 is 6.09 Å². The maximum atomic E-state index is 13.7. The Morgan fingerprint density at radius 1 is 1.11 bits per heavy atom. The van der Waals surface area contributed by atoms with Crippen molar-refractivity contribution in [1.29, 1.82) is 0 Å². The van der Waals surface area contributed by atoms with Crippen LogP contribution in [0.15, 0.2) is 24.1 Å². The SMILES string of the molecule is CC.CC(CN1CC(C)(C)C2C=C(F)C=CC21)NC(=O)OCC(=O)N1CCCCC1.CC1CCCCC1. The molecule has 4 aliphatic rings. The fourth-order valence-corrected chi connectivity index (χ4v) is 5.90. The molecule has 3 unspecified atom stereocenters. The lowest BCUT2D eigenvalue weighted by Crippen LogP contribution is -2.45. The van der Waals surface area contributed by atoms with Gasteiger partial charge in [-0.05, 0) is 49.7 Å². The number of alkyl carbamates (subject to hydrolysis) is 1. The first-order chi connectivity index (χ1) is 17.7. The molecule has 3 atom stereocenters. The molecule has 0 spiro atoms. The Morgan fingerprint density at radius 3 is 2.32 bits per heavy atom. The normalized spacial score (nSPS) is 25.9. The average Bonchev–Trinajstić information content (AvgIpc) is 3.13. The quantitative estimate of drug-likeness (QED) is 0.450. The predicted molar refractivity (Wildman–Crippen MR) is 149 cm³/mol. The van der Waals surface area contributed by atoms with Crippen LogP contribution in [-0.2, 0) is 9.53 Å². The molecule has 2 heterocycles. The molecule has 37 heavy (non-hydrogen) atoms. The van der Waals surface area contributed by atoms with Crippen LogP contribution in [0.25, 0.3) is 0 Å². The largest absolute Gasteiger partial charge is 0.439 e. The van der Waals surface area contributed by atoms with Gasteiger partial charge < -0.3 is 15.0 Å². The van der Waals surface area contributed by atoms with Crippen LogP contribution in [0.2, 0.25) is 0 Å². The number of amides is 2. The molecule has 0 aromatic rings. The zero-order valence-electron chi connectivity index (χ0n) is 24.2. The van der Waals surface area contributed by atoms with Gasteiger partial charge in [0.1, 0.15) is 5.83 Å². The van der Waals surface area contributed by atoms with Crippen LogP contribution in [-0.4, -0.2) is 66.7 Å². The summed E-state index contributed by atoms with van der Waals surface area (Å²) in [5.41, 5.74) is -0.0339. The van der Waals surface area contributed by atoms with E-state index in [1.165, 1.54) is 38.2 Å². The second kappa shape index (κ2) is 15.5. The number of ether oxygens (including phenoxy) is 1. The van der Waals surface area contributed by atoms with Gasteiger partial charge in [-0.2, -0.15) is 0 Å². The molecule has 0 bridgehead atoms. The lowest BCUT2D eigenvalue weighted by molar-refractivity contribution is -0.135. The van der Waals surface area contributed by atoms with E-state index >= 15 is 0 Å². The number of likely N-dealkylation sites (tertiary alicyclic amines) is 2. The van der Waals surface area contributed by atoms with Crippen molar-refractivity contribution in [2.45, 2.75) is 105 Å². The van der Waals surface area contributed by atoms with E-state index in [1.54, 1.807) is 11.0 Å². The number of carbonyl (C=O) groups is 2. The summed E-state index contributed by atoms with van der Waals surface area (Å²) in [7, 11) is 0. The molecule has 0 aromatic heterocycles. The summed E-state index contributed by atoms with van der Waals surface area (Å²) in [4.78, 5) is 28.2. The fraction of sp³-hybridized carbons (Fsp3) is 0.800. The van der Waals surface area contributed by atoms with Gasteiger partial charge in [-0.15, -0.1) is 0 Å². The van der Waals surface area contributed by atoms with Gasteiger partial charge in [0.25, 0.3) is 5.91 Å². The Labute approximate surface area is 225 Å². The number of carbonyl (C=O) groups excluding carboxylic acids is 2. The third-order valence-electron chi connectivity index (χ3n) is 7.90. The van der Waals surface area contributed by atoms with Crippen LogP contribution in [0.3, 0.4) is 0 Å². The van der Waals surface area contributed by atoms with Crippen LogP contribution in [0.1, 0.15) is 92.9 Å². The van der Waals surface area contributed by atoms with Gasteiger partial charge in [0.15, 0.2) is 6.61 Å². The molecule has 1 saturated carbocycles. The second-order valence-corrected chi connectivity index (χ2v) is 11.7. The van der Waals surface area contributed by atoms with Gasteiger partial charge in [-0.25, -0.2) is 9.18 Å². The van der Waals surface area contributed by atoms with Crippen molar-refractivity contribution >= 4 is 12.0 Å². The maximum absolute atomic E-state index is 13.7. The van der Waals surface area contributed by atoms with Crippen molar-refractivity contribution in [3.05, 3.63) is 24.1 Å². The van der Waals surface area contributed by atoms with E-state index in [-0.39, 0.29) is 41.8 Å². The highest BCUT2D eigenvalue weighted by molar-refractivity contribution is 5.80. The summed E-state index contributed by atoms with van der Waals surface area (Å²) < 4.78 is 18.8. The van der Waals surface area contributed by atoms with Crippen molar-refractivity contribution in [1.82, 2.24) is 15.1 Å². The average molecular weight is 522 g/mol. The Kier molecular flexibility index (Phi) is 13.1. The molecule has 2 aliphatic carbocycles. The van der Waals surface area contributed by atoms with Crippen molar-refractivity contribution in [3.63, 3.8) is 0 Å². The Hall–Kier alpha value is -1.89. The first-order valence-electron chi connectivity index (χ1n) is 14.7. The monoisotopic (exact) mass is 521 g/mol. The van der Waals surface area contributed by atoms with E-state index in [4.69, 9.17) is 4.74 Å². The molecular formula is C30H52FN3O3. The molecule has 0 radical (unpaired) electrons. The summed E-state index contributed by atoms with van der Waals surface area (Å²) in [5, 5.41) is 2.81. The molecule has 2 aliphatic heterocycles. The molecule has 7 heteroatoms. The zero-order chi connectivity index (χ0) is 27.4. The number of nitrogens with one attached hydrogen (secondary N) is 1. The molecule has 4 rings (SSSR count). The van der Waals surface area contributed by atoms with E-state index in [0.717, 1.165) is 44.8 Å². The number of rotatable bonds is 5. The van der Waals surface area contributed by atoms with Crippen LogP contribution in [0.5, 0.6) is 0 Å². The smallest absolute Gasteiger partial charge is 0.407 e. The van der Waals surface area contributed by atoms with Gasteiger partial charge >= 0.3 is 6.09 Å². The maximum Gasteiger partial charge on any atom is 0.407 e. The molecule has 6 nitrogen and oxygen atoms in total. The topological polar surface area (TPSA) is 61.9 Å². The first kappa shape index (κ1) is 31.3. The first-order valence-corrected chi connectivity index (χ1v) is 14.7. The van der Waals surface area contributed by atoms with Crippen LogP contribution in [0, 0.1) is 17.3 Å². The molecule has 2 amide bonds. The summed E-state index contributed by atoms with van der Waals surface area (Å²) in [6, 6.07) is -0.00765. The summed E-state index contributed by atoms with van der Waals surface area (Å²) in [6.45, 7) is 15.3. The summed E-state index contributed by atoms with van der Waals surface area (Å²) in [5.74, 6) is 0.852. The van der Waals surface area contributed by atoms with Crippen molar-refractivity contribution in [2.24, 2.45) is 17.3 Å². The molecule has 0 aromatic carbocycles. The van der Waals surface area contributed by atoms with E-state index in [9.17, 15) is 14.0 Å². The van der Waals surface area contributed by atoms with Crippen LogP contribution in [0.4, 0.5) is 9.18 Å². The highest BCUT2D eigenvalue weighted by Gasteiger charge is 2.46. The summed E-state index contributed by atoms with van der Waals surface area (Å²) in [6.07, 6.45) is 15.2. The number of allylic oxidation sites excluding steroid dienone is 2. The highest BCUT2D eigenvalue weighted by atomic mass is 19.1. The van der Waals surface area contributed by atoms with E-state index in [1.807, 2.05) is 26.8 Å². The number of hydrogen-bond acceptors (Lipinski definition) is 4. The molecule has 3 fully saturated rings. The van der Waals surface area contributed by atoms with Crippen molar-refractivity contribution in [3.8, 4) is 0 Å². The zero-order valence-corrected chi connectivity index (χ0v) is 24.2. The highest BCUT2D eigenvalue weighted by Crippen LogP contribution is 2.43. The van der Waals surface area contributed by atoms with Gasteiger partial charge in [0, 0.05) is 44.2 Å². The number of halogens is 1. The minimum Gasteiger partial charge on any atom is -0.439 e. The molecule has 1 N–H and O–H groups in total. The molecular weight excluding hydrogens is 469 g/mol. The predicted octanol–water partition coefficient (Wildman–Crippen LogP) is 6.48.